The standard InChI is InChI=1S/C23H40O3/c1-14(8-11-24)17-4-5-18-21-19(7-10-23(17,18)3)22(2)9-6-16(25)12-15(22)13-20(21)26/h14-21,24-26H,4-13H2,1-3H3/t14-,15+,16-,17-,18?,19?,20+,21?,22?,23-/m1/s1. The van der Waals surface area contributed by atoms with E-state index in [1.807, 2.05) is 0 Å². The van der Waals surface area contributed by atoms with Crippen LogP contribution in [0, 0.1) is 46.3 Å². The number of rotatable bonds is 3. The fourth-order valence-corrected chi connectivity index (χ4v) is 8.58. The molecule has 4 unspecified atom stereocenters. The van der Waals surface area contributed by atoms with Crippen molar-refractivity contribution in [3.63, 3.8) is 0 Å². The molecule has 4 aliphatic carbocycles. The van der Waals surface area contributed by atoms with E-state index < -0.39 is 0 Å². The minimum atomic E-state index is -0.181. The highest BCUT2D eigenvalue weighted by Gasteiger charge is 2.62. The van der Waals surface area contributed by atoms with Gasteiger partial charge in [-0.3, -0.25) is 0 Å². The van der Waals surface area contributed by atoms with Crippen LogP contribution in [-0.4, -0.2) is 34.1 Å². The Balaban J connectivity index is 1.61. The van der Waals surface area contributed by atoms with E-state index in [-0.39, 0.29) is 12.2 Å². The van der Waals surface area contributed by atoms with Crippen molar-refractivity contribution in [2.75, 3.05) is 6.61 Å². The maximum atomic E-state index is 11.2. The minimum absolute atomic E-state index is 0.152. The van der Waals surface area contributed by atoms with Gasteiger partial charge in [-0.2, -0.15) is 0 Å². The van der Waals surface area contributed by atoms with Crippen molar-refractivity contribution < 1.29 is 15.3 Å². The topological polar surface area (TPSA) is 60.7 Å². The Labute approximate surface area is 159 Å². The fraction of sp³-hybridized carbons (Fsp3) is 1.00. The molecule has 4 aliphatic rings. The second-order valence-corrected chi connectivity index (χ2v) is 10.9. The van der Waals surface area contributed by atoms with Crippen molar-refractivity contribution in [3.05, 3.63) is 0 Å². The highest BCUT2D eigenvalue weighted by molar-refractivity contribution is 5.11. The first-order valence-electron chi connectivity index (χ1n) is 11.3. The molecule has 0 saturated heterocycles. The van der Waals surface area contributed by atoms with Crippen LogP contribution >= 0.6 is 0 Å². The number of aliphatic hydroxyl groups excluding tert-OH is 3. The third kappa shape index (κ3) is 2.71. The summed E-state index contributed by atoms with van der Waals surface area (Å²) in [4.78, 5) is 0. The molecule has 4 rings (SSSR count). The normalized spacial score (nSPS) is 54.9. The maximum Gasteiger partial charge on any atom is 0.0577 e. The summed E-state index contributed by atoms with van der Waals surface area (Å²) in [6.45, 7) is 7.62. The Morgan fingerprint density at radius 2 is 1.62 bits per heavy atom. The van der Waals surface area contributed by atoms with Crippen LogP contribution in [0.2, 0.25) is 0 Å². The molecule has 0 aromatic heterocycles. The highest BCUT2D eigenvalue weighted by atomic mass is 16.3. The van der Waals surface area contributed by atoms with E-state index in [1.54, 1.807) is 0 Å². The van der Waals surface area contributed by atoms with E-state index in [2.05, 4.69) is 20.8 Å². The largest absolute Gasteiger partial charge is 0.396 e. The van der Waals surface area contributed by atoms with Crippen molar-refractivity contribution >= 4 is 0 Å². The van der Waals surface area contributed by atoms with Crippen LogP contribution in [0.25, 0.3) is 0 Å². The van der Waals surface area contributed by atoms with Crippen molar-refractivity contribution in [2.24, 2.45) is 46.3 Å². The van der Waals surface area contributed by atoms with Gasteiger partial charge in [0.05, 0.1) is 12.2 Å². The summed E-state index contributed by atoms with van der Waals surface area (Å²) in [5, 5.41) is 30.8. The van der Waals surface area contributed by atoms with Gasteiger partial charge in [0.25, 0.3) is 0 Å². The molecule has 3 N–H and O–H groups in total. The Kier molecular flexibility index (Phi) is 4.98. The molecule has 3 heteroatoms. The molecular formula is C23H40O3. The van der Waals surface area contributed by atoms with E-state index in [4.69, 9.17) is 0 Å². The third-order valence-electron chi connectivity index (χ3n) is 10.0. The minimum Gasteiger partial charge on any atom is -0.396 e. The molecule has 4 saturated carbocycles. The SMILES string of the molecule is C[C@H](CCO)[C@H]1CCC2C3C(CC[C@@]21C)C1(C)CC[C@@H](O)C[C@H]1C[C@@H]3O. The quantitative estimate of drug-likeness (QED) is 0.709. The zero-order valence-electron chi connectivity index (χ0n) is 17.0. The van der Waals surface area contributed by atoms with Crippen molar-refractivity contribution in [3.8, 4) is 0 Å². The summed E-state index contributed by atoms with van der Waals surface area (Å²) >= 11 is 0. The number of fused-ring (bicyclic) bond motifs is 5. The third-order valence-corrected chi connectivity index (χ3v) is 10.0. The zero-order valence-corrected chi connectivity index (χ0v) is 17.0. The van der Waals surface area contributed by atoms with Crippen LogP contribution < -0.4 is 0 Å². The van der Waals surface area contributed by atoms with Gasteiger partial charge in [-0.25, -0.2) is 0 Å². The van der Waals surface area contributed by atoms with E-state index >= 15 is 0 Å². The molecule has 0 bridgehead atoms. The molecule has 3 nitrogen and oxygen atoms in total. The predicted molar refractivity (Wildman–Crippen MR) is 103 cm³/mol. The molecule has 0 aliphatic heterocycles. The van der Waals surface area contributed by atoms with E-state index in [9.17, 15) is 15.3 Å². The van der Waals surface area contributed by atoms with Gasteiger partial charge < -0.3 is 15.3 Å². The van der Waals surface area contributed by atoms with Gasteiger partial charge >= 0.3 is 0 Å². The van der Waals surface area contributed by atoms with E-state index in [0.717, 1.165) is 32.1 Å². The number of hydrogen-bond donors (Lipinski definition) is 3. The molecular weight excluding hydrogens is 324 g/mol. The highest BCUT2D eigenvalue weighted by Crippen LogP contribution is 2.68. The van der Waals surface area contributed by atoms with E-state index in [0.29, 0.717) is 52.9 Å². The summed E-state index contributed by atoms with van der Waals surface area (Å²) in [6, 6.07) is 0. The molecule has 150 valence electrons. The van der Waals surface area contributed by atoms with Gasteiger partial charge in [0.15, 0.2) is 0 Å². The maximum absolute atomic E-state index is 11.2. The van der Waals surface area contributed by atoms with Crippen molar-refractivity contribution in [2.45, 2.75) is 90.8 Å². The van der Waals surface area contributed by atoms with Crippen LogP contribution in [0.15, 0.2) is 0 Å². The van der Waals surface area contributed by atoms with Crippen LogP contribution in [0.1, 0.15) is 78.6 Å². The second-order valence-electron chi connectivity index (χ2n) is 10.9. The molecule has 26 heavy (non-hydrogen) atoms. The summed E-state index contributed by atoms with van der Waals surface area (Å²) in [7, 11) is 0. The number of aliphatic hydroxyl groups is 3. The van der Waals surface area contributed by atoms with Gasteiger partial charge in [-0.1, -0.05) is 20.8 Å². The molecule has 0 aromatic rings. The average molecular weight is 365 g/mol. The van der Waals surface area contributed by atoms with Crippen LogP contribution in [0.3, 0.4) is 0 Å². The van der Waals surface area contributed by atoms with Crippen LogP contribution in [0.4, 0.5) is 0 Å². The Morgan fingerprint density at radius 1 is 0.923 bits per heavy atom. The fourth-order valence-electron chi connectivity index (χ4n) is 8.58. The lowest BCUT2D eigenvalue weighted by molar-refractivity contribution is -0.174. The lowest BCUT2D eigenvalue weighted by Crippen LogP contribution is -2.58. The van der Waals surface area contributed by atoms with Crippen molar-refractivity contribution in [1.29, 1.82) is 0 Å². The molecule has 0 aromatic carbocycles. The summed E-state index contributed by atoms with van der Waals surface area (Å²) in [5.41, 5.74) is 0.660. The molecule has 10 atom stereocenters. The molecule has 0 amide bonds. The molecule has 0 radical (unpaired) electrons. The molecule has 4 fully saturated rings. The lowest BCUT2D eigenvalue weighted by Gasteiger charge is -2.62. The zero-order chi connectivity index (χ0) is 18.7. The summed E-state index contributed by atoms with van der Waals surface area (Å²) in [6.07, 6.45) is 9.55. The lowest BCUT2D eigenvalue weighted by atomic mass is 9.43. The summed E-state index contributed by atoms with van der Waals surface area (Å²) in [5.74, 6) is 3.52. The first kappa shape index (κ1) is 19.2. The first-order chi connectivity index (χ1) is 12.3. The van der Waals surface area contributed by atoms with Gasteiger partial charge in [-0.15, -0.1) is 0 Å². The number of hydrogen-bond acceptors (Lipinski definition) is 3. The van der Waals surface area contributed by atoms with Gasteiger partial charge in [0.1, 0.15) is 0 Å². The van der Waals surface area contributed by atoms with Gasteiger partial charge in [0.2, 0.25) is 0 Å². The van der Waals surface area contributed by atoms with Gasteiger partial charge in [0, 0.05) is 6.61 Å². The smallest absolute Gasteiger partial charge is 0.0577 e. The average Bonchev–Trinajstić information content (AvgIpc) is 2.94. The Bertz CT molecular complexity index is 522. The second kappa shape index (κ2) is 6.74. The molecule has 0 spiro atoms. The Morgan fingerprint density at radius 3 is 2.35 bits per heavy atom. The van der Waals surface area contributed by atoms with Crippen LogP contribution in [0.5, 0.6) is 0 Å². The van der Waals surface area contributed by atoms with Crippen LogP contribution in [-0.2, 0) is 0 Å². The van der Waals surface area contributed by atoms with Gasteiger partial charge in [-0.05, 0) is 104 Å². The Hall–Kier alpha value is -0.120. The van der Waals surface area contributed by atoms with Crippen molar-refractivity contribution in [1.82, 2.24) is 0 Å². The monoisotopic (exact) mass is 364 g/mol. The summed E-state index contributed by atoms with van der Waals surface area (Å²) < 4.78 is 0. The van der Waals surface area contributed by atoms with E-state index in [1.165, 1.54) is 25.7 Å². The predicted octanol–water partition coefficient (Wildman–Crippen LogP) is 4.00. The first-order valence-corrected chi connectivity index (χ1v) is 11.3. The molecule has 0 heterocycles.